The second kappa shape index (κ2) is 4.16. The molecule has 3 aromatic heterocycles. The van der Waals surface area contributed by atoms with Crippen LogP contribution in [0.3, 0.4) is 0 Å². The molecule has 0 saturated heterocycles. The van der Waals surface area contributed by atoms with Gasteiger partial charge in [-0.25, -0.2) is 4.98 Å². The molecule has 0 fully saturated rings. The fourth-order valence-corrected chi connectivity index (χ4v) is 4.31. The van der Waals surface area contributed by atoms with Crippen molar-refractivity contribution in [2.24, 2.45) is 5.73 Å². The van der Waals surface area contributed by atoms with E-state index in [0.717, 1.165) is 22.4 Å². The van der Waals surface area contributed by atoms with Gasteiger partial charge in [0.1, 0.15) is 5.82 Å². The Morgan fingerprint density at radius 3 is 3.00 bits per heavy atom. The number of fused-ring (bicyclic) bond motifs is 2. The number of nitrogens with zero attached hydrogens (tertiary/aromatic N) is 1. The molecule has 3 heterocycles. The zero-order valence-electron chi connectivity index (χ0n) is 10.0. The van der Waals surface area contributed by atoms with E-state index in [2.05, 4.69) is 22.5 Å². The summed E-state index contributed by atoms with van der Waals surface area (Å²) in [5.74, 6) is 0.935. The Hall–Kier alpha value is -1.69. The quantitative estimate of drug-likeness (QED) is 0.585. The zero-order valence-corrected chi connectivity index (χ0v) is 11.6. The molecule has 1 aromatic carbocycles. The Labute approximate surface area is 117 Å². The van der Waals surface area contributed by atoms with Crippen LogP contribution in [-0.2, 0) is 6.54 Å². The van der Waals surface area contributed by atoms with Crippen LogP contribution < -0.4 is 5.73 Å². The summed E-state index contributed by atoms with van der Waals surface area (Å²) in [4.78, 5) is 9.28. The van der Waals surface area contributed by atoms with Gasteiger partial charge >= 0.3 is 0 Å². The van der Waals surface area contributed by atoms with Crippen LogP contribution in [0.25, 0.3) is 31.1 Å². The van der Waals surface area contributed by atoms with E-state index in [1.807, 2.05) is 18.2 Å². The summed E-state index contributed by atoms with van der Waals surface area (Å²) in [7, 11) is 0. The van der Waals surface area contributed by atoms with Gasteiger partial charge in [-0.2, -0.15) is 0 Å². The normalized spacial score (nSPS) is 11.6. The third-order valence-electron chi connectivity index (χ3n) is 3.19. The van der Waals surface area contributed by atoms with Crippen LogP contribution in [0.5, 0.6) is 0 Å². The molecule has 0 spiro atoms. The monoisotopic (exact) mass is 285 g/mol. The summed E-state index contributed by atoms with van der Waals surface area (Å²) in [5.41, 5.74) is 8.87. The molecule has 4 aromatic rings. The summed E-state index contributed by atoms with van der Waals surface area (Å²) in [6, 6.07) is 10.4. The van der Waals surface area contributed by atoms with E-state index in [1.165, 1.54) is 14.3 Å². The van der Waals surface area contributed by atoms with Crippen molar-refractivity contribution in [3.8, 4) is 10.7 Å². The van der Waals surface area contributed by atoms with Crippen molar-refractivity contribution in [1.29, 1.82) is 0 Å². The molecule has 3 N–H and O–H groups in total. The summed E-state index contributed by atoms with van der Waals surface area (Å²) in [6.45, 7) is 0.515. The Morgan fingerprint density at radius 2 is 2.16 bits per heavy atom. The lowest BCUT2D eigenvalue weighted by Crippen LogP contribution is -1.96. The molecule has 5 heteroatoms. The first kappa shape index (κ1) is 11.2. The third kappa shape index (κ3) is 1.70. The minimum atomic E-state index is 0.515. The van der Waals surface area contributed by atoms with Crippen LogP contribution in [0.1, 0.15) is 5.56 Å². The number of imidazole rings is 1. The van der Waals surface area contributed by atoms with E-state index in [1.54, 1.807) is 22.7 Å². The van der Waals surface area contributed by atoms with Gasteiger partial charge in [0.15, 0.2) is 0 Å². The highest BCUT2D eigenvalue weighted by Gasteiger charge is 2.11. The first-order valence-corrected chi connectivity index (χ1v) is 7.70. The number of benzene rings is 1. The number of hydrogen-bond acceptors (Lipinski definition) is 4. The molecule has 0 aliphatic carbocycles. The highest BCUT2D eigenvalue weighted by molar-refractivity contribution is 7.28. The molecular weight excluding hydrogens is 274 g/mol. The SMILES string of the molecule is NCc1cccc2[nH]c(-c3cc4sccc4s3)nc12. The van der Waals surface area contributed by atoms with Gasteiger partial charge in [0.25, 0.3) is 0 Å². The predicted molar refractivity (Wildman–Crippen MR) is 82.7 cm³/mol. The Kier molecular flexibility index (Phi) is 2.44. The lowest BCUT2D eigenvalue weighted by molar-refractivity contribution is 1.08. The minimum absolute atomic E-state index is 0.515. The topological polar surface area (TPSA) is 54.7 Å². The molecule has 0 saturated carbocycles. The number of para-hydroxylation sites is 1. The van der Waals surface area contributed by atoms with Crippen LogP contribution in [0.15, 0.2) is 35.7 Å². The maximum absolute atomic E-state index is 5.76. The van der Waals surface area contributed by atoms with Gasteiger partial charge in [0.05, 0.1) is 15.9 Å². The summed E-state index contributed by atoms with van der Waals surface area (Å²) >= 11 is 3.54. The first-order valence-electron chi connectivity index (χ1n) is 6.00. The Balaban J connectivity index is 1.93. The van der Waals surface area contributed by atoms with Gasteiger partial charge in [-0.15, -0.1) is 22.7 Å². The molecule has 0 aliphatic rings. The van der Waals surface area contributed by atoms with Crippen LogP contribution >= 0.6 is 22.7 Å². The lowest BCUT2D eigenvalue weighted by atomic mass is 10.2. The molecule has 0 amide bonds. The number of aromatic nitrogens is 2. The average molecular weight is 285 g/mol. The number of nitrogens with one attached hydrogen (secondary N) is 1. The number of thiophene rings is 2. The molecule has 4 rings (SSSR count). The summed E-state index contributed by atoms with van der Waals surface area (Å²) in [5, 5.41) is 2.12. The molecule has 0 bridgehead atoms. The standard InChI is InChI=1S/C14H11N3S2/c15-7-8-2-1-3-9-13(8)17-14(16-9)12-6-11-10(19-12)4-5-18-11/h1-6H,7,15H2,(H,16,17). The molecular formula is C14H11N3S2. The minimum Gasteiger partial charge on any atom is -0.337 e. The van der Waals surface area contributed by atoms with Crippen molar-refractivity contribution in [1.82, 2.24) is 9.97 Å². The van der Waals surface area contributed by atoms with Crippen molar-refractivity contribution in [2.45, 2.75) is 6.54 Å². The zero-order chi connectivity index (χ0) is 12.8. The van der Waals surface area contributed by atoms with E-state index >= 15 is 0 Å². The average Bonchev–Trinajstić information content (AvgIpc) is 3.10. The van der Waals surface area contributed by atoms with E-state index in [-0.39, 0.29) is 0 Å². The third-order valence-corrected chi connectivity index (χ3v) is 5.29. The Bertz CT molecular complexity index is 841. The van der Waals surface area contributed by atoms with Crippen LogP contribution in [0, 0.1) is 0 Å². The van der Waals surface area contributed by atoms with Gasteiger partial charge in [-0.1, -0.05) is 12.1 Å². The van der Waals surface area contributed by atoms with Gasteiger partial charge in [-0.05, 0) is 29.1 Å². The van der Waals surface area contributed by atoms with E-state index in [9.17, 15) is 0 Å². The first-order chi connectivity index (χ1) is 9.35. The molecule has 3 nitrogen and oxygen atoms in total. The second-order valence-corrected chi connectivity index (χ2v) is 6.39. The molecule has 0 aliphatic heterocycles. The number of H-pyrrole nitrogens is 1. The van der Waals surface area contributed by atoms with Crippen LogP contribution in [0.4, 0.5) is 0 Å². The molecule has 0 atom stereocenters. The molecule has 0 unspecified atom stereocenters. The van der Waals surface area contributed by atoms with Crippen LogP contribution in [0.2, 0.25) is 0 Å². The lowest BCUT2D eigenvalue weighted by Gasteiger charge is -1.95. The predicted octanol–water partition coefficient (Wildman–Crippen LogP) is 3.96. The van der Waals surface area contributed by atoms with Gasteiger partial charge in [0, 0.05) is 15.9 Å². The van der Waals surface area contributed by atoms with Crippen molar-refractivity contribution >= 4 is 43.1 Å². The smallest absolute Gasteiger partial charge is 0.148 e. The highest BCUT2D eigenvalue weighted by Crippen LogP contribution is 2.35. The van der Waals surface area contributed by atoms with Crippen molar-refractivity contribution in [3.05, 3.63) is 41.3 Å². The largest absolute Gasteiger partial charge is 0.337 e. The van der Waals surface area contributed by atoms with Gasteiger partial charge in [-0.3, -0.25) is 0 Å². The van der Waals surface area contributed by atoms with E-state index < -0.39 is 0 Å². The number of aromatic amines is 1. The van der Waals surface area contributed by atoms with E-state index in [4.69, 9.17) is 10.7 Å². The number of rotatable bonds is 2. The van der Waals surface area contributed by atoms with Gasteiger partial charge in [0.2, 0.25) is 0 Å². The molecule has 0 radical (unpaired) electrons. The van der Waals surface area contributed by atoms with Crippen molar-refractivity contribution in [2.75, 3.05) is 0 Å². The second-order valence-electron chi connectivity index (χ2n) is 4.36. The maximum Gasteiger partial charge on any atom is 0.148 e. The molecule has 19 heavy (non-hydrogen) atoms. The fraction of sp³-hybridized carbons (Fsp3) is 0.0714. The van der Waals surface area contributed by atoms with Crippen molar-refractivity contribution in [3.63, 3.8) is 0 Å². The highest BCUT2D eigenvalue weighted by atomic mass is 32.1. The fourth-order valence-electron chi connectivity index (χ4n) is 2.26. The van der Waals surface area contributed by atoms with Gasteiger partial charge < -0.3 is 10.7 Å². The Morgan fingerprint density at radius 1 is 1.21 bits per heavy atom. The maximum atomic E-state index is 5.76. The van der Waals surface area contributed by atoms with Crippen LogP contribution in [-0.4, -0.2) is 9.97 Å². The van der Waals surface area contributed by atoms with Crippen molar-refractivity contribution < 1.29 is 0 Å². The summed E-state index contributed by atoms with van der Waals surface area (Å²) in [6.07, 6.45) is 0. The number of hydrogen-bond donors (Lipinski definition) is 2. The number of nitrogens with two attached hydrogens (primary N) is 1. The summed E-state index contributed by atoms with van der Waals surface area (Å²) < 4.78 is 2.64. The van der Waals surface area contributed by atoms with E-state index in [0.29, 0.717) is 6.54 Å². The molecule has 94 valence electrons.